The summed E-state index contributed by atoms with van der Waals surface area (Å²) in [5, 5.41) is 2.72. The van der Waals surface area contributed by atoms with Crippen LogP contribution in [-0.2, 0) is 4.79 Å². The summed E-state index contributed by atoms with van der Waals surface area (Å²) in [6, 6.07) is 15.7. The van der Waals surface area contributed by atoms with Crippen LogP contribution in [-0.4, -0.2) is 5.91 Å². The Balaban J connectivity index is 2.22. The Morgan fingerprint density at radius 1 is 1.11 bits per heavy atom. The van der Waals surface area contributed by atoms with E-state index in [1.807, 2.05) is 42.5 Å². The molecule has 0 aromatic heterocycles. The van der Waals surface area contributed by atoms with E-state index in [1.165, 1.54) is 6.92 Å². The summed E-state index contributed by atoms with van der Waals surface area (Å²) in [4.78, 5) is 13.3. The van der Waals surface area contributed by atoms with E-state index in [9.17, 15) is 4.79 Å². The molecule has 2 aromatic rings. The van der Waals surface area contributed by atoms with Gasteiger partial charge in [0.05, 0.1) is 11.4 Å². The van der Waals surface area contributed by atoms with Crippen molar-refractivity contribution in [3.05, 3.63) is 48.5 Å². The van der Waals surface area contributed by atoms with Crippen LogP contribution in [0, 0.1) is 0 Å². The number of nitrogens with one attached hydrogen (secondary N) is 1. The highest BCUT2D eigenvalue weighted by molar-refractivity contribution is 7.99. The van der Waals surface area contributed by atoms with Gasteiger partial charge >= 0.3 is 0 Å². The lowest BCUT2D eigenvalue weighted by atomic mass is 10.2. The molecule has 0 bridgehead atoms. The van der Waals surface area contributed by atoms with E-state index in [0.717, 1.165) is 9.79 Å². The van der Waals surface area contributed by atoms with E-state index >= 15 is 0 Å². The molecule has 0 radical (unpaired) electrons. The van der Waals surface area contributed by atoms with Gasteiger partial charge in [0.15, 0.2) is 0 Å². The fraction of sp³-hybridized carbons (Fsp3) is 0.0714. The van der Waals surface area contributed by atoms with Crippen LogP contribution in [0.2, 0.25) is 0 Å². The molecular weight excluding hydrogens is 244 g/mol. The van der Waals surface area contributed by atoms with Crippen molar-refractivity contribution < 1.29 is 4.79 Å². The number of anilines is 2. The molecule has 2 aromatic carbocycles. The second-order valence-electron chi connectivity index (χ2n) is 3.85. The van der Waals surface area contributed by atoms with Crippen LogP contribution >= 0.6 is 11.8 Å². The Labute approximate surface area is 110 Å². The first-order chi connectivity index (χ1) is 8.65. The highest BCUT2D eigenvalue weighted by Crippen LogP contribution is 2.31. The van der Waals surface area contributed by atoms with Crippen molar-refractivity contribution in [2.24, 2.45) is 0 Å². The van der Waals surface area contributed by atoms with Crippen LogP contribution in [0.5, 0.6) is 0 Å². The maximum atomic E-state index is 11.1. The minimum Gasteiger partial charge on any atom is -0.397 e. The maximum absolute atomic E-state index is 11.1. The van der Waals surface area contributed by atoms with Gasteiger partial charge in [0.1, 0.15) is 0 Å². The average molecular weight is 258 g/mol. The van der Waals surface area contributed by atoms with E-state index in [2.05, 4.69) is 5.32 Å². The molecule has 2 rings (SSSR count). The predicted molar refractivity (Wildman–Crippen MR) is 75.7 cm³/mol. The van der Waals surface area contributed by atoms with Gasteiger partial charge in [0.25, 0.3) is 0 Å². The number of amides is 1. The van der Waals surface area contributed by atoms with Gasteiger partial charge in [-0.3, -0.25) is 4.79 Å². The normalized spacial score (nSPS) is 10.1. The molecular formula is C14H14N2OS. The van der Waals surface area contributed by atoms with Gasteiger partial charge in [-0.1, -0.05) is 30.0 Å². The fourth-order valence-corrected chi connectivity index (χ4v) is 2.40. The first-order valence-electron chi connectivity index (χ1n) is 5.55. The lowest BCUT2D eigenvalue weighted by Gasteiger charge is -2.08. The highest BCUT2D eigenvalue weighted by Gasteiger charge is 2.04. The first kappa shape index (κ1) is 12.5. The van der Waals surface area contributed by atoms with Gasteiger partial charge in [-0.15, -0.1) is 0 Å². The van der Waals surface area contributed by atoms with Crippen molar-refractivity contribution in [2.75, 3.05) is 11.1 Å². The van der Waals surface area contributed by atoms with Crippen molar-refractivity contribution in [2.45, 2.75) is 16.7 Å². The zero-order chi connectivity index (χ0) is 13.0. The fourth-order valence-electron chi connectivity index (χ4n) is 1.52. The monoisotopic (exact) mass is 258 g/mol. The number of nitrogens with two attached hydrogens (primary N) is 1. The molecule has 0 saturated carbocycles. The molecule has 3 nitrogen and oxygen atoms in total. The summed E-state index contributed by atoms with van der Waals surface area (Å²) in [5.74, 6) is -0.122. The van der Waals surface area contributed by atoms with Gasteiger partial charge in [0, 0.05) is 16.7 Å². The van der Waals surface area contributed by atoms with Crippen molar-refractivity contribution in [3.63, 3.8) is 0 Å². The Morgan fingerprint density at radius 3 is 2.50 bits per heavy atom. The molecule has 0 atom stereocenters. The van der Waals surface area contributed by atoms with E-state index in [-0.39, 0.29) is 5.91 Å². The minimum atomic E-state index is -0.122. The zero-order valence-electron chi connectivity index (χ0n) is 10.0. The van der Waals surface area contributed by atoms with Crippen LogP contribution in [0.1, 0.15) is 6.92 Å². The molecule has 0 heterocycles. The van der Waals surface area contributed by atoms with Crippen molar-refractivity contribution in [1.29, 1.82) is 0 Å². The van der Waals surface area contributed by atoms with Crippen LogP contribution in [0.15, 0.2) is 58.3 Å². The van der Waals surface area contributed by atoms with Crippen molar-refractivity contribution >= 4 is 29.0 Å². The van der Waals surface area contributed by atoms with Gasteiger partial charge < -0.3 is 11.1 Å². The topological polar surface area (TPSA) is 55.1 Å². The molecule has 0 aliphatic carbocycles. The van der Waals surface area contributed by atoms with Gasteiger partial charge in [-0.05, 0) is 30.3 Å². The number of hydrogen-bond acceptors (Lipinski definition) is 3. The Hall–Kier alpha value is -1.94. The van der Waals surface area contributed by atoms with E-state index in [1.54, 1.807) is 17.8 Å². The van der Waals surface area contributed by atoms with E-state index < -0.39 is 0 Å². The maximum Gasteiger partial charge on any atom is 0.221 e. The standard InChI is InChI=1S/C14H14N2OS/c1-10(17)16-14-9-12(7-8-13(14)15)18-11-5-3-2-4-6-11/h2-9H,15H2,1H3,(H,16,17). The van der Waals surface area contributed by atoms with Crippen LogP contribution in [0.4, 0.5) is 11.4 Å². The second-order valence-corrected chi connectivity index (χ2v) is 4.99. The third-order valence-corrected chi connectivity index (χ3v) is 3.31. The molecule has 1 amide bonds. The number of benzene rings is 2. The molecule has 0 unspecified atom stereocenters. The first-order valence-corrected chi connectivity index (χ1v) is 6.37. The molecule has 0 spiro atoms. The summed E-state index contributed by atoms with van der Waals surface area (Å²) in [7, 11) is 0. The van der Waals surface area contributed by atoms with Crippen molar-refractivity contribution in [3.8, 4) is 0 Å². The number of hydrogen-bond donors (Lipinski definition) is 2. The van der Waals surface area contributed by atoms with Gasteiger partial charge in [0.2, 0.25) is 5.91 Å². The summed E-state index contributed by atoms with van der Waals surface area (Å²) >= 11 is 1.63. The Morgan fingerprint density at radius 2 is 1.83 bits per heavy atom. The molecule has 0 saturated heterocycles. The quantitative estimate of drug-likeness (QED) is 0.830. The summed E-state index contributed by atoms with van der Waals surface area (Å²) in [5.41, 5.74) is 7.03. The number of rotatable bonds is 3. The lowest BCUT2D eigenvalue weighted by Crippen LogP contribution is -2.07. The molecule has 4 heteroatoms. The third-order valence-electron chi connectivity index (χ3n) is 2.31. The summed E-state index contributed by atoms with van der Waals surface area (Å²) in [6.45, 7) is 1.47. The molecule has 0 fully saturated rings. The van der Waals surface area contributed by atoms with Crippen molar-refractivity contribution in [1.82, 2.24) is 0 Å². The lowest BCUT2D eigenvalue weighted by molar-refractivity contribution is -0.114. The van der Waals surface area contributed by atoms with E-state index in [0.29, 0.717) is 11.4 Å². The molecule has 0 aliphatic rings. The van der Waals surface area contributed by atoms with Crippen LogP contribution in [0.25, 0.3) is 0 Å². The molecule has 0 aliphatic heterocycles. The average Bonchev–Trinajstić information content (AvgIpc) is 2.34. The summed E-state index contributed by atoms with van der Waals surface area (Å²) in [6.07, 6.45) is 0. The van der Waals surface area contributed by atoms with Gasteiger partial charge in [-0.25, -0.2) is 0 Å². The number of carbonyl (C=O) groups excluding carboxylic acids is 1. The number of carbonyl (C=O) groups is 1. The Bertz CT molecular complexity index is 555. The highest BCUT2D eigenvalue weighted by atomic mass is 32.2. The zero-order valence-corrected chi connectivity index (χ0v) is 10.8. The second kappa shape index (κ2) is 5.60. The summed E-state index contributed by atoms with van der Waals surface area (Å²) < 4.78 is 0. The van der Waals surface area contributed by atoms with E-state index in [4.69, 9.17) is 5.73 Å². The smallest absolute Gasteiger partial charge is 0.221 e. The van der Waals surface area contributed by atoms with Gasteiger partial charge in [-0.2, -0.15) is 0 Å². The van der Waals surface area contributed by atoms with Crippen LogP contribution in [0.3, 0.4) is 0 Å². The third kappa shape index (κ3) is 3.28. The number of nitrogen functional groups attached to an aromatic ring is 1. The predicted octanol–water partition coefficient (Wildman–Crippen LogP) is 3.38. The minimum absolute atomic E-state index is 0.122. The van der Waals surface area contributed by atoms with Crippen LogP contribution < -0.4 is 11.1 Å². The molecule has 92 valence electrons. The largest absolute Gasteiger partial charge is 0.397 e. The Kier molecular flexibility index (Phi) is 3.89. The SMILES string of the molecule is CC(=O)Nc1cc(Sc2ccccc2)ccc1N. The molecule has 3 N–H and O–H groups in total. The molecule has 18 heavy (non-hydrogen) atoms.